The summed E-state index contributed by atoms with van der Waals surface area (Å²) in [4.78, 5) is 14.7. The van der Waals surface area contributed by atoms with E-state index in [9.17, 15) is 25.2 Å². The lowest BCUT2D eigenvalue weighted by molar-refractivity contribution is -0.323. The van der Waals surface area contributed by atoms with E-state index < -0.39 is 60.8 Å². The Morgan fingerprint density at radius 1 is 1.18 bits per heavy atom. The van der Waals surface area contributed by atoms with E-state index in [1.165, 1.54) is 7.11 Å². The van der Waals surface area contributed by atoms with Crippen LogP contribution in [0.5, 0.6) is 0 Å². The molecule has 14 unspecified atom stereocenters. The lowest BCUT2D eigenvalue weighted by Crippen LogP contribution is -2.63. The summed E-state index contributed by atoms with van der Waals surface area (Å²) < 4.78 is 36.9. The molecule has 7 aliphatic heterocycles. The van der Waals surface area contributed by atoms with E-state index in [1.807, 2.05) is 0 Å². The third-order valence-corrected chi connectivity index (χ3v) is 10.2. The van der Waals surface area contributed by atoms with Gasteiger partial charge in [-0.05, 0) is 26.2 Å². The van der Waals surface area contributed by atoms with E-state index >= 15 is 0 Å². The molecule has 12 nitrogen and oxygen atoms in total. The van der Waals surface area contributed by atoms with Gasteiger partial charge in [0.05, 0.1) is 42.8 Å². The second-order valence-electron chi connectivity index (χ2n) is 12.0. The number of carbonyl (C=O) groups is 1. The summed E-state index contributed by atoms with van der Waals surface area (Å²) in [6.45, 7) is 5.26. The first-order chi connectivity index (χ1) is 19.1. The lowest BCUT2D eigenvalue weighted by Gasteiger charge is -2.48. The van der Waals surface area contributed by atoms with Crippen molar-refractivity contribution in [3.05, 3.63) is 35.0 Å². The molecule has 0 aromatic carbocycles. The van der Waals surface area contributed by atoms with Crippen LogP contribution in [-0.4, -0.2) is 105 Å². The lowest BCUT2D eigenvalue weighted by atomic mass is 9.71. The molecule has 220 valence electrons. The average Bonchev–Trinajstić information content (AvgIpc) is 3.64. The number of esters is 1. The maximum absolute atomic E-state index is 12.4. The number of allylic oxidation sites excluding steroid dienone is 2. The first-order valence-corrected chi connectivity index (χ1v) is 14.1. The van der Waals surface area contributed by atoms with Gasteiger partial charge in [-0.25, -0.2) is 4.79 Å². The summed E-state index contributed by atoms with van der Waals surface area (Å²) in [6.07, 6.45) is -1.04. The second-order valence-corrected chi connectivity index (χ2v) is 12.0. The van der Waals surface area contributed by atoms with Crippen molar-refractivity contribution in [1.29, 1.82) is 0 Å². The van der Waals surface area contributed by atoms with Crippen molar-refractivity contribution in [2.24, 2.45) is 17.8 Å². The normalized spacial score (nSPS) is 54.0. The molecule has 40 heavy (non-hydrogen) atoms. The second kappa shape index (κ2) is 8.98. The SMILES string of the molecule is CCC=CC12C3CC4C5C(C)C(=C6OC(=O)C(C)=C6OC)OC5(O3)C1CC(OC1OC(CO)C(O)C(O)C1O)N42. The van der Waals surface area contributed by atoms with Gasteiger partial charge in [0.25, 0.3) is 0 Å². The number of cyclic esters (lactones) is 1. The third kappa shape index (κ3) is 3.11. The van der Waals surface area contributed by atoms with Crippen LogP contribution in [0, 0.1) is 17.8 Å². The van der Waals surface area contributed by atoms with Crippen LogP contribution >= 0.6 is 0 Å². The zero-order valence-electron chi connectivity index (χ0n) is 22.9. The third-order valence-electron chi connectivity index (χ3n) is 10.2. The van der Waals surface area contributed by atoms with Crippen molar-refractivity contribution in [2.75, 3.05) is 13.7 Å². The molecule has 12 heteroatoms. The Morgan fingerprint density at radius 3 is 2.65 bits per heavy atom. The summed E-state index contributed by atoms with van der Waals surface area (Å²) in [6, 6.07) is -0.0184. The molecule has 1 spiro atoms. The fourth-order valence-electron chi connectivity index (χ4n) is 8.66. The minimum atomic E-state index is -1.52. The molecular formula is C28H37NO11. The van der Waals surface area contributed by atoms with Crippen LogP contribution in [0.2, 0.25) is 0 Å². The molecule has 0 radical (unpaired) electrons. The van der Waals surface area contributed by atoms with Gasteiger partial charge >= 0.3 is 5.97 Å². The smallest absolute Gasteiger partial charge is 0.343 e. The monoisotopic (exact) mass is 563 g/mol. The fourth-order valence-corrected chi connectivity index (χ4v) is 8.66. The van der Waals surface area contributed by atoms with Crippen molar-refractivity contribution >= 4 is 5.97 Å². The molecule has 6 fully saturated rings. The number of hydrogen-bond acceptors (Lipinski definition) is 12. The zero-order chi connectivity index (χ0) is 28.3. The topological polar surface area (TPSA) is 157 Å². The first-order valence-electron chi connectivity index (χ1n) is 14.1. The minimum Gasteiger partial charge on any atom is -0.492 e. The Hall–Kier alpha value is -2.03. The highest BCUT2D eigenvalue weighted by atomic mass is 16.7. The summed E-state index contributed by atoms with van der Waals surface area (Å²) in [5.74, 6) is -0.609. The summed E-state index contributed by atoms with van der Waals surface area (Å²) >= 11 is 0. The summed E-state index contributed by atoms with van der Waals surface area (Å²) in [5.41, 5.74) is -0.124. The van der Waals surface area contributed by atoms with Crippen LogP contribution in [-0.2, 0) is 33.2 Å². The predicted molar refractivity (Wildman–Crippen MR) is 133 cm³/mol. The van der Waals surface area contributed by atoms with Gasteiger partial charge < -0.3 is 48.8 Å². The summed E-state index contributed by atoms with van der Waals surface area (Å²) in [7, 11) is 1.50. The largest absolute Gasteiger partial charge is 0.492 e. The van der Waals surface area contributed by atoms with E-state index in [0.717, 1.165) is 12.8 Å². The van der Waals surface area contributed by atoms with Crippen LogP contribution < -0.4 is 0 Å². The Balaban J connectivity index is 1.26. The number of ether oxygens (including phenoxy) is 6. The van der Waals surface area contributed by atoms with Gasteiger partial charge in [-0.3, -0.25) is 4.90 Å². The van der Waals surface area contributed by atoms with E-state index in [4.69, 9.17) is 28.4 Å². The molecule has 14 atom stereocenters. The van der Waals surface area contributed by atoms with Crippen molar-refractivity contribution in [2.45, 2.75) is 100 Å². The van der Waals surface area contributed by atoms with E-state index in [0.29, 0.717) is 29.3 Å². The van der Waals surface area contributed by atoms with E-state index in [1.54, 1.807) is 6.92 Å². The van der Waals surface area contributed by atoms with Gasteiger partial charge in [0.2, 0.25) is 11.5 Å². The number of carbonyl (C=O) groups excluding carboxylic acids is 1. The number of aliphatic hydroxyl groups excluding tert-OH is 4. The van der Waals surface area contributed by atoms with E-state index in [2.05, 4.69) is 30.9 Å². The van der Waals surface area contributed by atoms with Crippen LogP contribution in [0.3, 0.4) is 0 Å². The number of piperidine rings is 1. The van der Waals surface area contributed by atoms with Crippen molar-refractivity contribution in [3.63, 3.8) is 0 Å². The number of fused-ring (bicyclic) bond motifs is 1. The zero-order valence-corrected chi connectivity index (χ0v) is 22.9. The van der Waals surface area contributed by atoms with Gasteiger partial charge in [0.15, 0.2) is 12.0 Å². The maximum atomic E-state index is 12.4. The number of nitrogens with zero attached hydrogens (tertiary/aromatic N) is 1. The van der Waals surface area contributed by atoms with Gasteiger partial charge in [0.1, 0.15) is 36.4 Å². The number of methoxy groups -OCH3 is 1. The highest BCUT2D eigenvalue weighted by molar-refractivity contribution is 5.93. The first kappa shape index (κ1) is 26.8. The maximum Gasteiger partial charge on any atom is 0.343 e. The number of hydrogen-bond donors (Lipinski definition) is 4. The van der Waals surface area contributed by atoms with Gasteiger partial charge in [-0.2, -0.15) is 0 Å². The molecule has 5 bridgehead atoms. The fraction of sp³-hybridized carbons (Fsp3) is 0.750. The van der Waals surface area contributed by atoms with Gasteiger partial charge in [-0.1, -0.05) is 26.0 Å². The Bertz CT molecular complexity index is 1200. The predicted octanol–water partition coefficient (Wildman–Crippen LogP) is 0.00820. The molecule has 0 amide bonds. The molecule has 7 aliphatic rings. The average molecular weight is 564 g/mol. The molecule has 7 rings (SSSR count). The van der Waals surface area contributed by atoms with Crippen molar-refractivity contribution in [3.8, 4) is 0 Å². The van der Waals surface area contributed by atoms with E-state index in [-0.39, 0.29) is 29.9 Å². The Labute approximate surface area is 231 Å². The van der Waals surface area contributed by atoms with Crippen LogP contribution in [0.25, 0.3) is 0 Å². The molecule has 0 aromatic rings. The molecule has 0 aliphatic carbocycles. The Morgan fingerprint density at radius 2 is 1.95 bits per heavy atom. The standard InChI is InChI=1S/C28H37NO11/c1-5-6-7-27-15-9-17(37-26-21(33)20(32)19(31)14(10-30)36-26)29(27)13-8-16(27)39-28(15)18(13)11(2)23(40-28)24-22(35-4)12(3)25(34)38-24/h6-7,11,13-21,26,30-33H,5,8-10H2,1-4H3. The van der Waals surface area contributed by atoms with Crippen molar-refractivity contribution in [1.82, 2.24) is 4.90 Å². The molecule has 0 saturated carbocycles. The highest BCUT2D eigenvalue weighted by Crippen LogP contribution is 2.74. The van der Waals surface area contributed by atoms with Crippen LogP contribution in [0.1, 0.15) is 40.0 Å². The molecular weight excluding hydrogens is 526 g/mol. The quantitative estimate of drug-likeness (QED) is 0.254. The van der Waals surface area contributed by atoms with Crippen molar-refractivity contribution < 1.29 is 53.6 Å². The van der Waals surface area contributed by atoms with Gasteiger partial charge in [0, 0.05) is 12.0 Å². The Kier molecular flexibility index (Phi) is 6.03. The molecule has 7 heterocycles. The molecule has 0 aromatic heterocycles. The molecule has 4 N–H and O–H groups in total. The van der Waals surface area contributed by atoms with Crippen LogP contribution in [0.4, 0.5) is 0 Å². The van der Waals surface area contributed by atoms with Crippen LogP contribution in [0.15, 0.2) is 35.0 Å². The van der Waals surface area contributed by atoms with Gasteiger partial charge in [-0.15, -0.1) is 0 Å². The number of aliphatic hydroxyl groups is 4. The highest BCUT2D eigenvalue weighted by Gasteiger charge is 2.85. The minimum absolute atomic E-state index is 0.0184. The number of rotatable bonds is 6. The summed E-state index contributed by atoms with van der Waals surface area (Å²) in [5, 5.41) is 40.9. The molecule has 6 saturated heterocycles.